The molecule has 1 aromatic rings. The van der Waals surface area contributed by atoms with Gasteiger partial charge in [-0.3, -0.25) is 0 Å². The second kappa shape index (κ2) is 4.75. The van der Waals surface area contributed by atoms with Crippen molar-refractivity contribution in [3.8, 4) is 0 Å². The van der Waals surface area contributed by atoms with Gasteiger partial charge in [0, 0.05) is 24.1 Å². The van der Waals surface area contributed by atoms with Crippen molar-refractivity contribution in [3.05, 3.63) is 34.6 Å². The van der Waals surface area contributed by atoms with E-state index in [1.54, 1.807) is 6.07 Å². The number of hydrogen-bond acceptors (Lipinski definition) is 2. The van der Waals surface area contributed by atoms with Gasteiger partial charge in [-0.25, -0.2) is 4.39 Å². The van der Waals surface area contributed by atoms with Gasteiger partial charge < -0.3 is 10.5 Å². The quantitative estimate of drug-likeness (QED) is 0.858. The van der Waals surface area contributed by atoms with Crippen LogP contribution in [0.1, 0.15) is 36.1 Å². The number of benzene rings is 1. The van der Waals surface area contributed by atoms with Crippen LogP contribution in [-0.2, 0) is 4.74 Å². The highest BCUT2D eigenvalue weighted by molar-refractivity contribution is 5.34. The molecule has 1 fully saturated rings. The second-order valence-corrected chi connectivity index (χ2v) is 5.03. The lowest BCUT2D eigenvalue weighted by atomic mass is 9.86. The molecule has 2 N–H and O–H groups in total. The Hall–Kier alpha value is -0.930. The van der Waals surface area contributed by atoms with E-state index in [9.17, 15) is 4.39 Å². The highest BCUT2D eigenvalue weighted by Crippen LogP contribution is 2.34. The van der Waals surface area contributed by atoms with Crippen LogP contribution in [0.5, 0.6) is 0 Å². The van der Waals surface area contributed by atoms with Crippen molar-refractivity contribution in [2.45, 2.75) is 39.3 Å². The first-order valence-electron chi connectivity index (χ1n) is 6.14. The second-order valence-electron chi connectivity index (χ2n) is 5.03. The summed E-state index contributed by atoms with van der Waals surface area (Å²) in [6.45, 7) is 6.56. The Bertz CT molecular complexity index is 396. The molecule has 1 aliphatic rings. The van der Waals surface area contributed by atoms with Crippen molar-refractivity contribution >= 4 is 0 Å². The van der Waals surface area contributed by atoms with E-state index in [0.29, 0.717) is 5.56 Å². The topological polar surface area (TPSA) is 35.2 Å². The maximum absolute atomic E-state index is 14.0. The van der Waals surface area contributed by atoms with Crippen LogP contribution in [0, 0.1) is 25.6 Å². The Balaban J connectivity index is 2.33. The predicted molar refractivity (Wildman–Crippen MR) is 66.3 cm³/mol. The van der Waals surface area contributed by atoms with Crippen molar-refractivity contribution in [2.75, 3.05) is 6.61 Å². The smallest absolute Gasteiger partial charge is 0.128 e. The van der Waals surface area contributed by atoms with Gasteiger partial charge in [0.25, 0.3) is 0 Å². The van der Waals surface area contributed by atoms with Crippen LogP contribution in [0.4, 0.5) is 4.39 Å². The highest BCUT2D eigenvalue weighted by Gasteiger charge is 2.32. The molecule has 0 aliphatic carbocycles. The van der Waals surface area contributed by atoms with Gasteiger partial charge in [0.1, 0.15) is 5.82 Å². The molecule has 1 aromatic carbocycles. The molecule has 1 aliphatic heterocycles. The molecule has 0 radical (unpaired) electrons. The number of ether oxygens (including phenoxy) is 1. The molecule has 0 bridgehead atoms. The molecule has 0 spiro atoms. The summed E-state index contributed by atoms with van der Waals surface area (Å²) in [5.41, 5.74) is 8.75. The summed E-state index contributed by atoms with van der Waals surface area (Å²) in [6, 6.07) is 3.27. The first-order valence-corrected chi connectivity index (χ1v) is 6.14. The molecule has 0 amide bonds. The zero-order chi connectivity index (χ0) is 12.6. The number of nitrogens with two attached hydrogens (primary N) is 1. The summed E-state index contributed by atoms with van der Waals surface area (Å²) in [5, 5.41) is 0. The Morgan fingerprint density at radius 2 is 2.12 bits per heavy atom. The molecule has 17 heavy (non-hydrogen) atoms. The Kier molecular flexibility index (Phi) is 3.50. The number of aryl methyl sites for hydroxylation is 2. The monoisotopic (exact) mass is 237 g/mol. The van der Waals surface area contributed by atoms with Crippen molar-refractivity contribution in [1.29, 1.82) is 0 Å². The van der Waals surface area contributed by atoms with Gasteiger partial charge in [-0.15, -0.1) is 0 Å². The molecular weight excluding hydrogens is 217 g/mol. The molecule has 0 saturated carbocycles. The van der Waals surface area contributed by atoms with Gasteiger partial charge in [-0.05, 0) is 44.4 Å². The summed E-state index contributed by atoms with van der Waals surface area (Å²) in [5.74, 6) is 0.0278. The maximum Gasteiger partial charge on any atom is 0.128 e. The normalized spacial score (nSPS) is 26.2. The van der Waals surface area contributed by atoms with E-state index in [0.717, 1.165) is 24.2 Å². The van der Waals surface area contributed by atoms with Crippen LogP contribution >= 0.6 is 0 Å². The summed E-state index contributed by atoms with van der Waals surface area (Å²) < 4.78 is 19.5. The number of rotatable bonds is 2. The average Bonchev–Trinajstić information content (AvgIpc) is 2.62. The lowest BCUT2D eigenvalue weighted by Gasteiger charge is -2.24. The standard InChI is InChI=1S/C14H20FNO/c1-8-6-9(2)13(12(15)7-8)14(16)11-4-5-17-10(11)3/h6-7,10-11,14H,4-5,16H2,1-3H3. The van der Waals surface area contributed by atoms with Gasteiger partial charge in [-0.1, -0.05) is 6.07 Å². The summed E-state index contributed by atoms with van der Waals surface area (Å²) in [7, 11) is 0. The summed E-state index contributed by atoms with van der Waals surface area (Å²) in [4.78, 5) is 0. The van der Waals surface area contributed by atoms with Gasteiger partial charge in [0.2, 0.25) is 0 Å². The summed E-state index contributed by atoms with van der Waals surface area (Å²) >= 11 is 0. The van der Waals surface area contributed by atoms with Gasteiger partial charge >= 0.3 is 0 Å². The van der Waals surface area contributed by atoms with Crippen LogP contribution in [0.3, 0.4) is 0 Å². The average molecular weight is 237 g/mol. The van der Waals surface area contributed by atoms with E-state index in [2.05, 4.69) is 0 Å². The molecule has 3 atom stereocenters. The van der Waals surface area contributed by atoms with E-state index in [1.807, 2.05) is 26.8 Å². The predicted octanol–water partition coefficient (Wildman–Crippen LogP) is 2.87. The number of halogens is 1. The Labute approximate surface area is 102 Å². The molecule has 94 valence electrons. The van der Waals surface area contributed by atoms with Crippen LogP contribution in [0.25, 0.3) is 0 Å². The minimum atomic E-state index is -0.270. The lowest BCUT2D eigenvalue weighted by Crippen LogP contribution is -2.28. The molecule has 2 nitrogen and oxygen atoms in total. The Morgan fingerprint density at radius 3 is 2.65 bits per heavy atom. The van der Waals surface area contributed by atoms with Crippen molar-refractivity contribution in [2.24, 2.45) is 11.7 Å². The van der Waals surface area contributed by atoms with E-state index in [4.69, 9.17) is 10.5 Å². The minimum absolute atomic E-state index is 0.116. The van der Waals surface area contributed by atoms with Gasteiger partial charge in [0.05, 0.1) is 6.10 Å². The summed E-state index contributed by atoms with van der Waals surface area (Å²) in [6.07, 6.45) is 1.03. The van der Waals surface area contributed by atoms with Gasteiger partial charge in [0.15, 0.2) is 0 Å². The molecule has 3 unspecified atom stereocenters. The van der Waals surface area contributed by atoms with Crippen LogP contribution in [0.15, 0.2) is 12.1 Å². The van der Waals surface area contributed by atoms with E-state index in [-0.39, 0.29) is 23.9 Å². The van der Waals surface area contributed by atoms with E-state index < -0.39 is 0 Å². The highest BCUT2D eigenvalue weighted by atomic mass is 19.1. The van der Waals surface area contributed by atoms with Crippen LogP contribution in [0.2, 0.25) is 0 Å². The zero-order valence-corrected chi connectivity index (χ0v) is 10.7. The maximum atomic E-state index is 14.0. The van der Waals surface area contributed by atoms with E-state index >= 15 is 0 Å². The fourth-order valence-electron chi connectivity index (χ4n) is 2.78. The molecular formula is C14H20FNO. The Morgan fingerprint density at radius 1 is 1.41 bits per heavy atom. The fourth-order valence-corrected chi connectivity index (χ4v) is 2.78. The lowest BCUT2D eigenvalue weighted by molar-refractivity contribution is 0.0991. The fraction of sp³-hybridized carbons (Fsp3) is 0.571. The minimum Gasteiger partial charge on any atom is -0.378 e. The van der Waals surface area contributed by atoms with E-state index in [1.165, 1.54) is 0 Å². The van der Waals surface area contributed by atoms with Crippen LogP contribution < -0.4 is 5.73 Å². The molecule has 3 heteroatoms. The first kappa shape index (κ1) is 12.5. The first-order chi connectivity index (χ1) is 8.00. The third-order valence-corrected chi connectivity index (χ3v) is 3.71. The van der Waals surface area contributed by atoms with Gasteiger partial charge in [-0.2, -0.15) is 0 Å². The van der Waals surface area contributed by atoms with Crippen molar-refractivity contribution in [1.82, 2.24) is 0 Å². The van der Waals surface area contributed by atoms with Crippen LogP contribution in [-0.4, -0.2) is 12.7 Å². The number of hydrogen-bond donors (Lipinski definition) is 1. The molecule has 1 saturated heterocycles. The third kappa shape index (κ3) is 2.35. The van der Waals surface area contributed by atoms with Crippen molar-refractivity contribution < 1.29 is 9.13 Å². The van der Waals surface area contributed by atoms with Crippen molar-refractivity contribution in [3.63, 3.8) is 0 Å². The SMILES string of the molecule is Cc1cc(C)c(C(N)C2CCOC2C)c(F)c1. The third-order valence-electron chi connectivity index (χ3n) is 3.71. The molecule has 0 aromatic heterocycles. The largest absolute Gasteiger partial charge is 0.378 e. The molecule has 2 rings (SSSR count). The zero-order valence-electron chi connectivity index (χ0n) is 10.7. The molecule has 1 heterocycles.